The lowest BCUT2D eigenvalue weighted by atomic mass is 9.77. The van der Waals surface area contributed by atoms with Gasteiger partial charge in [0.05, 0.1) is 12.7 Å². The van der Waals surface area contributed by atoms with Gasteiger partial charge in [-0.3, -0.25) is 0 Å². The SMILES string of the molecule is CC.CC.Cc1ccc(OCCO)c2c1C(CN)OB2O. The van der Waals surface area contributed by atoms with E-state index < -0.39 is 7.12 Å². The highest BCUT2D eigenvalue weighted by atomic mass is 16.5. The standard InChI is InChI=1S/C11H16BNO4.2C2H6/c1-7-2-3-8(16-5-4-14)11-10(7)9(6-13)17-12(11)15;2*1-2/h2-3,9,14-15H,4-6,13H2,1H3;2*1-2H3. The summed E-state index contributed by atoms with van der Waals surface area (Å²) in [5.74, 6) is 0.545. The van der Waals surface area contributed by atoms with Crippen molar-refractivity contribution >= 4 is 12.6 Å². The van der Waals surface area contributed by atoms with Crippen molar-refractivity contribution < 1.29 is 19.5 Å². The summed E-state index contributed by atoms with van der Waals surface area (Å²) in [5, 5.41) is 18.6. The number of fused-ring (bicyclic) bond motifs is 1. The van der Waals surface area contributed by atoms with Gasteiger partial charge in [-0.25, -0.2) is 0 Å². The van der Waals surface area contributed by atoms with Gasteiger partial charge >= 0.3 is 7.12 Å². The van der Waals surface area contributed by atoms with Gasteiger partial charge < -0.3 is 25.3 Å². The Morgan fingerprint density at radius 1 is 1.29 bits per heavy atom. The van der Waals surface area contributed by atoms with Crippen LogP contribution in [0.15, 0.2) is 12.1 Å². The highest BCUT2D eigenvalue weighted by Gasteiger charge is 2.38. The fourth-order valence-corrected chi connectivity index (χ4v) is 2.15. The molecule has 0 bridgehead atoms. The van der Waals surface area contributed by atoms with E-state index in [0.29, 0.717) is 17.8 Å². The summed E-state index contributed by atoms with van der Waals surface area (Å²) in [6.45, 7) is 10.4. The number of benzene rings is 1. The molecule has 6 heteroatoms. The topological polar surface area (TPSA) is 84.9 Å². The van der Waals surface area contributed by atoms with E-state index in [1.54, 1.807) is 6.07 Å². The lowest BCUT2D eigenvalue weighted by Gasteiger charge is -2.13. The molecule has 0 amide bonds. The number of hydrogen-bond acceptors (Lipinski definition) is 5. The molecule has 1 atom stereocenters. The first-order valence-corrected chi connectivity index (χ1v) is 7.59. The van der Waals surface area contributed by atoms with E-state index in [0.717, 1.165) is 11.1 Å². The fraction of sp³-hybridized carbons (Fsp3) is 0.600. The van der Waals surface area contributed by atoms with Crippen LogP contribution < -0.4 is 15.9 Å². The fourth-order valence-electron chi connectivity index (χ4n) is 2.15. The summed E-state index contributed by atoms with van der Waals surface area (Å²) in [7, 11) is -1.01. The molecule has 1 heterocycles. The van der Waals surface area contributed by atoms with E-state index in [1.807, 2.05) is 40.7 Å². The zero-order valence-corrected chi connectivity index (χ0v) is 13.7. The summed E-state index contributed by atoms with van der Waals surface area (Å²) < 4.78 is 10.8. The molecule has 0 saturated carbocycles. The van der Waals surface area contributed by atoms with Crippen LogP contribution in [0.4, 0.5) is 0 Å². The number of rotatable bonds is 4. The van der Waals surface area contributed by atoms with E-state index in [-0.39, 0.29) is 19.3 Å². The molecule has 0 aromatic heterocycles. The Kier molecular flexibility index (Phi) is 10.1. The average Bonchev–Trinajstić information content (AvgIpc) is 2.89. The van der Waals surface area contributed by atoms with E-state index in [4.69, 9.17) is 20.2 Å². The van der Waals surface area contributed by atoms with Gasteiger partial charge in [0.15, 0.2) is 0 Å². The summed E-state index contributed by atoms with van der Waals surface area (Å²) in [5.41, 5.74) is 8.16. The molecule has 1 aliphatic rings. The van der Waals surface area contributed by atoms with E-state index in [2.05, 4.69) is 0 Å². The highest BCUT2D eigenvalue weighted by Crippen LogP contribution is 2.29. The van der Waals surface area contributed by atoms with Crippen molar-refractivity contribution in [2.45, 2.75) is 40.7 Å². The number of aliphatic hydroxyl groups excluding tert-OH is 1. The Hall–Kier alpha value is -1.08. The Balaban J connectivity index is 0.000000921. The number of ether oxygens (including phenoxy) is 1. The second-order valence-electron chi connectivity index (χ2n) is 3.99. The molecule has 0 radical (unpaired) electrons. The monoisotopic (exact) mass is 297 g/mol. The van der Waals surface area contributed by atoms with Crippen LogP contribution in [0.3, 0.4) is 0 Å². The molecule has 0 fully saturated rings. The Bertz CT molecular complexity index is 415. The van der Waals surface area contributed by atoms with Crippen molar-refractivity contribution in [3.05, 3.63) is 23.3 Å². The number of aliphatic hydroxyl groups is 1. The maximum atomic E-state index is 9.87. The molecule has 5 nitrogen and oxygen atoms in total. The van der Waals surface area contributed by atoms with Crippen molar-refractivity contribution in [2.75, 3.05) is 19.8 Å². The smallest absolute Gasteiger partial charge is 0.492 e. The molecular formula is C15H28BNO4. The van der Waals surface area contributed by atoms with Crippen molar-refractivity contribution in [1.82, 2.24) is 0 Å². The molecule has 1 aromatic rings. The van der Waals surface area contributed by atoms with Gasteiger partial charge in [-0.15, -0.1) is 0 Å². The van der Waals surface area contributed by atoms with Crippen molar-refractivity contribution in [2.24, 2.45) is 5.73 Å². The van der Waals surface area contributed by atoms with Gasteiger partial charge in [0.1, 0.15) is 12.4 Å². The molecule has 1 aromatic carbocycles. The minimum absolute atomic E-state index is 0.0695. The number of nitrogens with two attached hydrogens (primary N) is 1. The van der Waals surface area contributed by atoms with Gasteiger partial charge in [-0.1, -0.05) is 33.8 Å². The summed E-state index contributed by atoms with van der Waals surface area (Å²) in [4.78, 5) is 0. The maximum Gasteiger partial charge on any atom is 0.495 e. The Morgan fingerprint density at radius 2 is 1.90 bits per heavy atom. The molecular weight excluding hydrogens is 269 g/mol. The molecule has 0 spiro atoms. The molecule has 1 aliphatic heterocycles. The maximum absolute atomic E-state index is 9.87. The minimum Gasteiger partial charge on any atom is -0.492 e. The van der Waals surface area contributed by atoms with Crippen molar-refractivity contribution in [3.63, 3.8) is 0 Å². The first-order valence-electron chi connectivity index (χ1n) is 7.59. The lowest BCUT2D eigenvalue weighted by molar-refractivity contribution is 0.196. The summed E-state index contributed by atoms with van der Waals surface area (Å²) in [6.07, 6.45) is -0.294. The van der Waals surface area contributed by atoms with Crippen LogP contribution in [0.2, 0.25) is 0 Å². The third-order valence-electron chi connectivity index (χ3n) is 2.89. The van der Waals surface area contributed by atoms with Crippen molar-refractivity contribution in [3.8, 4) is 5.75 Å². The van der Waals surface area contributed by atoms with Crippen LogP contribution >= 0.6 is 0 Å². The van der Waals surface area contributed by atoms with Gasteiger partial charge in [-0.2, -0.15) is 0 Å². The third-order valence-corrected chi connectivity index (χ3v) is 2.89. The summed E-state index contributed by atoms with van der Waals surface area (Å²) in [6, 6.07) is 3.67. The largest absolute Gasteiger partial charge is 0.495 e. The second kappa shape index (κ2) is 10.6. The zero-order chi connectivity index (χ0) is 16.4. The van der Waals surface area contributed by atoms with Crippen LogP contribution in [0.25, 0.3) is 0 Å². The van der Waals surface area contributed by atoms with Crippen LogP contribution in [0, 0.1) is 6.92 Å². The molecule has 0 saturated heterocycles. The van der Waals surface area contributed by atoms with Gasteiger partial charge in [-0.05, 0) is 24.1 Å². The van der Waals surface area contributed by atoms with Crippen LogP contribution in [-0.4, -0.2) is 37.0 Å². The third kappa shape index (κ3) is 4.71. The van der Waals surface area contributed by atoms with E-state index in [9.17, 15) is 5.02 Å². The highest BCUT2D eigenvalue weighted by molar-refractivity contribution is 6.63. The molecule has 21 heavy (non-hydrogen) atoms. The Morgan fingerprint density at radius 3 is 2.43 bits per heavy atom. The van der Waals surface area contributed by atoms with Gasteiger partial charge in [0.25, 0.3) is 0 Å². The molecule has 120 valence electrons. The average molecular weight is 297 g/mol. The predicted molar refractivity (Wildman–Crippen MR) is 86.9 cm³/mol. The molecule has 4 N–H and O–H groups in total. The van der Waals surface area contributed by atoms with Crippen LogP contribution in [0.5, 0.6) is 5.75 Å². The Labute approximate surface area is 128 Å². The first-order chi connectivity index (χ1) is 10.2. The van der Waals surface area contributed by atoms with Crippen LogP contribution in [0.1, 0.15) is 44.9 Å². The predicted octanol–water partition coefficient (Wildman–Crippen LogP) is 1.14. The minimum atomic E-state index is -1.01. The number of hydrogen-bond donors (Lipinski definition) is 3. The van der Waals surface area contributed by atoms with Gasteiger partial charge in [0.2, 0.25) is 0 Å². The van der Waals surface area contributed by atoms with Gasteiger partial charge in [0, 0.05) is 12.0 Å². The summed E-state index contributed by atoms with van der Waals surface area (Å²) >= 11 is 0. The first kappa shape index (κ1) is 19.9. The number of aryl methyl sites for hydroxylation is 1. The normalized spacial score (nSPS) is 15.4. The molecule has 1 unspecified atom stereocenters. The molecule has 2 rings (SSSR count). The molecule has 0 aliphatic carbocycles. The van der Waals surface area contributed by atoms with Crippen molar-refractivity contribution in [1.29, 1.82) is 0 Å². The lowest BCUT2D eigenvalue weighted by Crippen LogP contribution is -2.30. The zero-order valence-electron chi connectivity index (χ0n) is 13.7. The van der Waals surface area contributed by atoms with Crippen LogP contribution in [-0.2, 0) is 4.65 Å². The van der Waals surface area contributed by atoms with E-state index in [1.165, 1.54) is 0 Å². The second-order valence-corrected chi connectivity index (χ2v) is 3.99. The quantitative estimate of drug-likeness (QED) is 0.726. The van der Waals surface area contributed by atoms with E-state index >= 15 is 0 Å².